The molecule has 3 rings (SSSR count). The second-order valence-electron chi connectivity index (χ2n) is 6.88. The quantitative estimate of drug-likeness (QED) is 0.901. The molecule has 2 heterocycles. The van der Waals surface area contributed by atoms with Crippen LogP contribution in [0.25, 0.3) is 0 Å². The molecule has 22 heavy (non-hydrogen) atoms. The van der Waals surface area contributed by atoms with Gasteiger partial charge in [0.05, 0.1) is 18.8 Å². The standard InChI is InChI=1S/C17H29N3OS/c1-3-14(12-21)20-8-6-19(7-9-20)11-17-18-15-5-4-13(2)10-16(15)22-17/h13-14,21H,3-12H2,1-2H3. The first-order valence-electron chi connectivity index (χ1n) is 8.74. The van der Waals surface area contributed by atoms with Crippen molar-refractivity contribution in [1.82, 2.24) is 14.8 Å². The summed E-state index contributed by atoms with van der Waals surface area (Å²) < 4.78 is 0. The number of aryl methyl sites for hydroxylation is 1. The van der Waals surface area contributed by atoms with E-state index in [1.165, 1.54) is 30.0 Å². The number of fused-ring (bicyclic) bond motifs is 1. The summed E-state index contributed by atoms with van der Waals surface area (Å²) in [6.45, 7) is 10.1. The van der Waals surface area contributed by atoms with Crippen LogP contribution >= 0.6 is 11.3 Å². The fourth-order valence-corrected chi connectivity index (χ4v) is 4.96. The average Bonchev–Trinajstić information content (AvgIpc) is 2.91. The van der Waals surface area contributed by atoms with Gasteiger partial charge in [-0.05, 0) is 31.6 Å². The summed E-state index contributed by atoms with van der Waals surface area (Å²) in [6, 6.07) is 0.343. The lowest BCUT2D eigenvalue weighted by Crippen LogP contribution is -2.50. The largest absolute Gasteiger partial charge is 0.395 e. The fraction of sp³-hybridized carbons (Fsp3) is 0.824. The summed E-state index contributed by atoms with van der Waals surface area (Å²) in [6.07, 6.45) is 4.74. The highest BCUT2D eigenvalue weighted by molar-refractivity contribution is 7.11. The number of aliphatic hydroxyl groups is 1. The third kappa shape index (κ3) is 3.70. The molecule has 1 saturated heterocycles. The van der Waals surface area contributed by atoms with Crippen LogP contribution in [-0.4, -0.2) is 58.7 Å². The maximum absolute atomic E-state index is 9.43. The van der Waals surface area contributed by atoms with E-state index < -0.39 is 0 Å². The van der Waals surface area contributed by atoms with Gasteiger partial charge in [0.1, 0.15) is 5.01 Å². The minimum absolute atomic E-state index is 0.286. The van der Waals surface area contributed by atoms with Gasteiger partial charge in [-0.1, -0.05) is 13.8 Å². The van der Waals surface area contributed by atoms with Crippen molar-refractivity contribution in [2.45, 2.75) is 52.1 Å². The van der Waals surface area contributed by atoms with Crippen LogP contribution in [0.1, 0.15) is 42.3 Å². The molecule has 1 aromatic rings. The predicted molar refractivity (Wildman–Crippen MR) is 91.3 cm³/mol. The first-order valence-corrected chi connectivity index (χ1v) is 9.56. The summed E-state index contributed by atoms with van der Waals surface area (Å²) in [4.78, 5) is 11.4. The molecule has 0 spiro atoms. The third-order valence-corrected chi connectivity index (χ3v) is 6.30. The van der Waals surface area contributed by atoms with Crippen LogP contribution in [0.15, 0.2) is 0 Å². The summed E-state index contributed by atoms with van der Waals surface area (Å²) in [5.74, 6) is 0.828. The lowest BCUT2D eigenvalue weighted by molar-refractivity contribution is 0.0608. The Morgan fingerprint density at radius 2 is 2.09 bits per heavy atom. The lowest BCUT2D eigenvalue weighted by atomic mass is 9.93. The minimum atomic E-state index is 0.286. The normalized spacial score (nSPS) is 25.1. The SMILES string of the molecule is CCC(CO)N1CCN(Cc2nc3c(s2)CC(C)CC3)CC1. The van der Waals surface area contributed by atoms with Crippen molar-refractivity contribution < 1.29 is 5.11 Å². The van der Waals surface area contributed by atoms with Crippen molar-refractivity contribution in [3.05, 3.63) is 15.6 Å². The zero-order chi connectivity index (χ0) is 15.5. The zero-order valence-electron chi connectivity index (χ0n) is 13.9. The highest BCUT2D eigenvalue weighted by atomic mass is 32.1. The maximum Gasteiger partial charge on any atom is 0.107 e. The average molecular weight is 324 g/mol. The van der Waals surface area contributed by atoms with Crippen molar-refractivity contribution in [2.75, 3.05) is 32.8 Å². The molecule has 2 atom stereocenters. The molecule has 1 fully saturated rings. The fourth-order valence-electron chi connectivity index (χ4n) is 3.64. The van der Waals surface area contributed by atoms with E-state index in [0.717, 1.165) is 45.1 Å². The number of hydrogen-bond donors (Lipinski definition) is 1. The van der Waals surface area contributed by atoms with Crippen molar-refractivity contribution in [3.8, 4) is 0 Å². The highest BCUT2D eigenvalue weighted by Crippen LogP contribution is 2.30. The summed E-state index contributed by atoms with van der Waals surface area (Å²) >= 11 is 1.94. The molecule has 5 heteroatoms. The van der Waals surface area contributed by atoms with Gasteiger partial charge in [0, 0.05) is 37.1 Å². The molecule has 1 aliphatic heterocycles. The van der Waals surface area contributed by atoms with Gasteiger partial charge in [0.2, 0.25) is 0 Å². The van der Waals surface area contributed by atoms with E-state index in [4.69, 9.17) is 4.98 Å². The van der Waals surface area contributed by atoms with E-state index in [-0.39, 0.29) is 6.61 Å². The van der Waals surface area contributed by atoms with Crippen LogP contribution in [-0.2, 0) is 19.4 Å². The van der Waals surface area contributed by atoms with Gasteiger partial charge < -0.3 is 5.11 Å². The Balaban J connectivity index is 1.53. The van der Waals surface area contributed by atoms with E-state index in [2.05, 4.69) is 23.6 Å². The number of aliphatic hydroxyl groups excluding tert-OH is 1. The predicted octanol–water partition coefficient (Wildman–Crippen LogP) is 2.16. The first kappa shape index (κ1) is 16.4. The molecular weight excluding hydrogens is 294 g/mol. The van der Waals surface area contributed by atoms with Gasteiger partial charge in [-0.25, -0.2) is 4.98 Å². The van der Waals surface area contributed by atoms with Gasteiger partial charge in [-0.3, -0.25) is 9.80 Å². The van der Waals surface area contributed by atoms with E-state index in [1.807, 2.05) is 11.3 Å². The Morgan fingerprint density at radius 3 is 2.77 bits per heavy atom. The Labute approximate surface area is 138 Å². The summed E-state index contributed by atoms with van der Waals surface area (Å²) in [5.41, 5.74) is 1.38. The van der Waals surface area contributed by atoms with Crippen LogP contribution in [0, 0.1) is 5.92 Å². The van der Waals surface area contributed by atoms with Crippen LogP contribution in [0.3, 0.4) is 0 Å². The van der Waals surface area contributed by atoms with E-state index in [0.29, 0.717) is 6.04 Å². The number of rotatable bonds is 5. The second-order valence-corrected chi connectivity index (χ2v) is 8.05. The Bertz CT molecular complexity index is 478. The molecule has 1 aromatic heterocycles. The van der Waals surface area contributed by atoms with Crippen molar-refractivity contribution in [1.29, 1.82) is 0 Å². The Morgan fingerprint density at radius 1 is 1.32 bits per heavy atom. The van der Waals surface area contributed by atoms with Crippen LogP contribution < -0.4 is 0 Å². The molecule has 124 valence electrons. The van der Waals surface area contributed by atoms with Crippen molar-refractivity contribution in [3.63, 3.8) is 0 Å². The Kier molecular flexibility index (Phi) is 5.50. The number of piperazine rings is 1. The molecule has 0 amide bonds. The molecule has 2 aliphatic rings. The van der Waals surface area contributed by atoms with Crippen LogP contribution in [0.4, 0.5) is 0 Å². The molecule has 0 radical (unpaired) electrons. The number of thiazole rings is 1. The van der Waals surface area contributed by atoms with Gasteiger partial charge in [-0.2, -0.15) is 0 Å². The molecule has 0 aromatic carbocycles. The molecule has 1 aliphatic carbocycles. The zero-order valence-corrected chi connectivity index (χ0v) is 14.7. The minimum Gasteiger partial charge on any atom is -0.395 e. The van der Waals surface area contributed by atoms with Gasteiger partial charge in [0.25, 0.3) is 0 Å². The molecule has 4 nitrogen and oxygen atoms in total. The summed E-state index contributed by atoms with van der Waals surface area (Å²) in [5, 5.41) is 10.7. The van der Waals surface area contributed by atoms with E-state index in [1.54, 1.807) is 4.88 Å². The van der Waals surface area contributed by atoms with E-state index >= 15 is 0 Å². The molecule has 2 unspecified atom stereocenters. The monoisotopic (exact) mass is 323 g/mol. The van der Waals surface area contributed by atoms with Crippen molar-refractivity contribution in [2.24, 2.45) is 5.92 Å². The first-order chi connectivity index (χ1) is 10.7. The summed E-state index contributed by atoms with van der Waals surface area (Å²) in [7, 11) is 0. The third-order valence-electron chi connectivity index (χ3n) is 5.19. The smallest absolute Gasteiger partial charge is 0.107 e. The number of nitrogens with zero attached hydrogens (tertiary/aromatic N) is 3. The van der Waals surface area contributed by atoms with Gasteiger partial charge in [0.15, 0.2) is 0 Å². The van der Waals surface area contributed by atoms with Crippen LogP contribution in [0.5, 0.6) is 0 Å². The number of aromatic nitrogens is 1. The van der Waals surface area contributed by atoms with Gasteiger partial charge >= 0.3 is 0 Å². The van der Waals surface area contributed by atoms with Gasteiger partial charge in [-0.15, -0.1) is 11.3 Å². The van der Waals surface area contributed by atoms with Crippen molar-refractivity contribution >= 4 is 11.3 Å². The molecule has 0 bridgehead atoms. The number of hydrogen-bond acceptors (Lipinski definition) is 5. The Hall–Kier alpha value is -0.490. The lowest BCUT2D eigenvalue weighted by Gasteiger charge is -2.38. The molecule has 0 saturated carbocycles. The van der Waals surface area contributed by atoms with Crippen LogP contribution in [0.2, 0.25) is 0 Å². The molecule has 1 N–H and O–H groups in total. The second kappa shape index (κ2) is 7.39. The topological polar surface area (TPSA) is 39.6 Å². The van der Waals surface area contributed by atoms with E-state index in [9.17, 15) is 5.11 Å². The molecular formula is C17H29N3OS. The maximum atomic E-state index is 9.43. The highest BCUT2D eigenvalue weighted by Gasteiger charge is 2.24.